The van der Waals surface area contributed by atoms with Gasteiger partial charge < -0.3 is 5.32 Å². The van der Waals surface area contributed by atoms with Crippen LogP contribution < -0.4 is 10.6 Å². The molecule has 0 unspecified atom stereocenters. The Morgan fingerprint density at radius 1 is 1.11 bits per heavy atom. The van der Waals surface area contributed by atoms with Gasteiger partial charge >= 0.3 is 0 Å². The lowest BCUT2D eigenvalue weighted by Crippen LogP contribution is -2.41. The van der Waals surface area contributed by atoms with Crippen molar-refractivity contribution in [3.63, 3.8) is 0 Å². The molecule has 101 valence electrons. The summed E-state index contributed by atoms with van der Waals surface area (Å²) in [4.78, 5) is 11.9. The highest BCUT2D eigenvalue weighted by Crippen LogP contribution is 2.24. The second kappa shape index (κ2) is 7.24. The van der Waals surface area contributed by atoms with E-state index in [1.807, 2.05) is 18.2 Å². The Morgan fingerprint density at radius 3 is 2.47 bits per heavy atom. The number of rotatable bonds is 3. The largest absolute Gasteiger partial charge is 0.362 e. The summed E-state index contributed by atoms with van der Waals surface area (Å²) in [7, 11) is 0. The fraction of sp³-hybridized carbons (Fsp3) is 0.400. The zero-order valence-electron chi connectivity index (χ0n) is 10.9. The first-order valence-electron chi connectivity index (χ1n) is 6.73. The molecular formula is C15H19N2OS. The number of hydrogen-bond acceptors (Lipinski definition) is 2. The Balaban J connectivity index is 1.73. The predicted octanol–water partition coefficient (Wildman–Crippen LogP) is 2.83. The zero-order valence-corrected chi connectivity index (χ0v) is 11.8. The van der Waals surface area contributed by atoms with Crippen LogP contribution in [-0.2, 0) is 0 Å². The molecule has 1 aromatic rings. The number of carbonyl (C=O) groups is 1. The molecular weight excluding hydrogens is 256 g/mol. The Morgan fingerprint density at radius 2 is 1.79 bits per heavy atom. The van der Waals surface area contributed by atoms with Gasteiger partial charge in [0.25, 0.3) is 5.91 Å². The zero-order chi connectivity index (χ0) is 13.5. The number of nitrogens with one attached hydrogen (secondary N) is 2. The molecule has 1 aromatic carbocycles. The average molecular weight is 275 g/mol. The normalized spacial score (nSPS) is 15.8. The third-order valence-electron chi connectivity index (χ3n) is 3.32. The first kappa shape index (κ1) is 14.0. The summed E-state index contributed by atoms with van der Waals surface area (Å²) in [5, 5.41) is 6.23. The molecule has 1 aliphatic carbocycles. The van der Waals surface area contributed by atoms with Gasteiger partial charge in [0.1, 0.15) is 0 Å². The van der Waals surface area contributed by atoms with Gasteiger partial charge in [-0.25, -0.2) is 0 Å². The highest BCUT2D eigenvalue weighted by Gasteiger charge is 2.14. The van der Waals surface area contributed by atoms with Crippen LogP contribution in [0.4, 0.5) is 0 Å². The van der Waals surface area contributed by atoms with E-state index in [1.54, 1.807) is 12.1 Å². The third-order valence-corrected chi connectivity index (χ3v) is 3.57. The van der Waals surface area contributed by atoms with Gasteiger partial charge in [0.15, 0.2) is 5.11 Å². The summed E-state index contributed by atoms with van der Waals surface area (Å²) in [5.74, 6) is 1.34. The molecule has 2 N–H and O–H groups in total. The molecule has 19 heavy (non-hydrogen) atoms. The first-order chi connectivity index (χ1) is 9.25. The molecule has 0 atom stereocenters. The van der Waals surface area contributed by atoms with Crippen molar-refractivity contribution >= 4 is 23.2 Å². The van der Waals surface area contributed by atoms with Crippen molar-refractivity contribution in [2.24, 2.45) is 0 Å². The molecule has 0 aromatic heterocycles. The number of benzene rings is 1. The van der Waals surface area contributed by atoms with Crippen molar-refractivity contribution in [3.8, 4) is 0 Å². The lowest BCUT2D eigenvalue weighted by Gasteiger charge is -2.21. The van der Waals surface area contributed by atoms with E-state index in [9.17, 15) is 4.79 Å². The van der Waals surface area contributed by atoms with Crippen LogP contribution in [0.2, 0.25) is 0 Å². The summed E-state index contributed by atoms with van der Waals surface area (Å²) in [6.07, 6.45) is 6.25. The Bertz CT molecular complexity index is 427. The lowest BCUT2D eigenvalue weighted by atomic mass is 9.89. The van der Waals surface area contributed by atoms with E-state index in [-0.39, 0.29) is 5.91 Å². The van der Waals surface area contributed by atoms with Gasteiger partial charge in [0.2, 0.25) is 0 Å². The van der Waals surface area contributed by atoms with E-state index in [0.717, 1.165) is 6.54 Å². The maximum Gasteiger partial charge on any atom is 0.257 e. The molecule has 0 bridgehead atoms. The van der Waals surface area contributed by atoms with E-state index in [1.165, 1.54) is 38.0 Å². The number of thiocarbonyl (C=S) groups is 1. The van der Waals surface area contributed by atoms with Crippen LogP contribution >= 0.6 is 12.2 Å². The summed E-state index contributed by atoms with van der Waals surface area (Å²) < 4.78 is 0. The molecule has 0 saturated heterocycles. The fourth-order valence-electron chi connectivity index (χ4n) is 2.24. The average Bonchev–Trinajstić information content (AvgIpc) is 2.47. The van der Waals surface area contributed by atoms with Crippen LogP contribution in [0.5, 0.6) is 0 Å². The van der Waals surface area contributed by atoms with E-state index in [2.05, 4.69) is 10.6 Å². The molecule has 2 rings (SSSR count). The molecule has 0 heterocycles. The summed E-state index contributed by atoms with van der Waals surface area (Å²) in [5.41, 5.74) is 0.622. The summed E-state index contributed by atoms with van der Waals surface area (Å²) in [6, 6.07) is 9.10. The molecule has 0 aliphatic heterocycles. The minimum atomic E-state index is -0.160. The van der Waals surface area contributed by atoms with Crippen LogP contribution in [-0.4, -0.2) is 17.6 Å². The van der Waals surface area contributed by atoms with Crippen molar-refractivity contribution in [1.82, 2.24) is 10.6 Å². The fourth-order valence-corrected chi connectivity index (χ4v) is 2.41. The van der Waals surface area contributed by atoms with E-state index in [4.69, 9.17) is 12.2 Å². The van der Waals surface area contributed by atoms with Gasteiger partial charge in [-0.05, 0) is 43.1 Å². The van der Waals surface area contributed by atoms with Crippen LogP contribution in [0, 0.1) is 5.92 Å². The van der Waals surface area contributed by atoms with Crippen LogP contribution in [0.15, 0.2) is 30.3 Å². The predicted molar refractivity (Wildman–Crippen MR) is 80.8 cm³/mol. The van der Waals surface area contributed by atoms with Gasteiger partial charge in [0.05, 0.1) is 0 Å². The third kappa shape index (κ3) is 4.63. The Kier molecular flexibility index (Phi) is 5.33. The molecule has 4 heteroatoms. The minimum absolute atomic E-state index is 0.160. The van der Waals surface area contributed by atoms with Crippen LogP contribution in [0.25, 0.3) is 0 Å². The Hall–Kier alpha value is -1.42. The number of hydrogen-bond donors (Lipinski definition) is 2. The smallest absolute Gasteiger partial charge is 0.257 e. The van der Waals surface area contributed by atoms with Gasteiger partial charge in [0, 0.05) is 12.1 Å². The number of amides is 1. The van der Waals surface area contributed by atoms with E-state index >= 15 is 0 Å². The van der Waals surface area contributed by atoms with Crippen LogP contribution in [0.3, 0.4) is 0 Å². The summed E-state index contributed by atoms with van der Waals surface area (Å²) in [6.45, 7) is 0.786. The lowest BCUT2D eigenvalue weighted by molar-refractivity contribution is 0.0976. The van der Waals surface area contributed by atoms with Crippen LogP contribution in [0.1, 0.15) is 42.5 Å². The van der Waals surface area contributed by atoms with Crippen molar-refractivity contribution in [1.29, 1.82) is 0 Å². The first-order valence-corrected chi connectivity index (χ1v) is 7.14. The monoisotopic (exact) mass is 275 g/mol. The van der Waals surface area contributed by atoms with Gasteiger partial charge in [-0.1, -0.05) is 37.5 Å². The summed E-state index contributed by atoms with van der Waals surface area (Å²) >= 11 is 5.14. The van der Waals surface area contributed by atoms with Crippen molar-refractivity contribution in [3.05, 3.63) is 41.8 Å². The van der Waals surface area contributed by atoms with E-state index in [0.29, 0.717) is 10.7 Å². The van der Waals surface area contributed by atoms with Gasteiger partial charge in [-0.3, -0.25) is 10.1 Å². The highest BCUT2D eigenvalue weighted by molar-refractivity contribution is 7.80. The maximum absolute atomic E-state index is 11.9. The minimum Gasteiger partial charge on any atom is -0.362 e. The molecule has 1 fully saturated rings. The molecule has 0 spiro atoms. The second-order valence-corrected chi connectivity index (χ2v) is 5.22. The highest BCUT2D eigenvalue weighted by atomic mass is 32.1. The van der Waals surface area contributed by atoms with Crippen molar-refractivity contribution in [2.45, 2.75) is 32.1 Å². The molecule has 1 amide bonds. The Labute approximate surface area is 119 Å². The quantitative estimate of drug-likeness (QED) is 0.833. The molecule has 1 aliphatic rings. The molecule has 3 nitrogen and oxygen atoms in total. The second-order valence-electron chi connectivity index (χ2n) is 4.81. The standard InChI is InChI=1S/C15H19N2OS/c18-14(13-9-5-2-6-10-13)17-15(19)16-11-12-7-3-1-4-8-12/h2,5-6,9-10H,1,3-4,7-8,11H2,(H2,16,17,18,19). The van der Waals surface area contributed by atoms with E-state index < -0.39 is 0 Å². The van der Waals surface area contributed by atoms with Gasteiger partial charge in [-0.2, -0.15) is 0 Å². The van der Waals surface area contributed by atoms with Crippen molar-refractivity contribution in [2.75, 3.05) is 6.54 Å². The topological polar surface area (TPSA) is 41.1 Å². The van der Waals surface area contributed by atoms with Gasteiger partial charge in [-0.15, -0.1) is 0 Å². The van der Waals surface area contributed by atoms with Crippen molar-refractivity contribution < 1.29 is 4.79 Å². The molecule has 1 radical (unpaired) electrons. The maximum atomic E-state index is 11.9. The number of carbonyl (C=O) groups excluding carboxylic acids is 1. The molecule has 1 saturated carbocycles. The SMILES string of the molecule is O=C(NC(=S)NC[C]1CCCCC1)c1ccccc1.